The maximum atomic E-state index is 14.1. The molecule has 1 N–H and O–H groups in total. The van der Waals surface area contributed by atoms with E-state index < -0.39 is 11.6 Å². The summed E-state index contributed by atoms with van der Waals surface area (Å²) < 4.78 is 29.8. The highest BCUT2D eigenvalue weighted by molar-refractivity contribution is 6.30. The van der Waals surface area contributed by atoms with Crippen LogP contribution in [0, 0.1) is 18.6 Å². The molecule has 0 bridgehead atoms. The van der Waals surface area contributed by atoms with Gasteiger partial charge in [0.25, 0.3) is 5.78 Å². The molecule has 0 spiro atoms. The van der Waals surface area contributed by atoms with Crippen molar-refractivity contribution in [1.82, 2.24) is 44.6 Å². The van der Waals surface area contributed by atoms with Crippen LogP contribution >= 0.6 is 11.6 Å². The zero-order valence-electron chi connectivity index (χ0n) is 23.2. The van der Waals surface area contributed by atoms with Crippen molar-refractivity contribution in [3.05, 3.63) is 101 Å². The fraction of sp³-hybridized carbons (Fsp3) is 0.226. The van der Waals surface area contributed by atoms with Crippen LogP contribution in [0.15, 0.2) is 67.0 Å². The molecule has 0 aliphatic carbocycles. The minimum atomic E-state index is -0.655. The molecule has 7 rings (SSSR count). The van der Waals surface area contributed by atoms with Crippen molar-refractivity contribution in [1.29, 1.82) is 0 Å². The average Bonchev–Trinajstić information content (AvgIpc) is 3.63. The summed E-state index contributed by atoms with van der Waals surface area (Å²) in [6.07, 6.45) is 5.24. The highest BCUT2D eigenvalue weighted by Gasteiger charge is 2.24. The summed E-state index contributed by atoms with van der Waals surface area (Å²) >= 11 is 5.95. The Bertz CT molecular complexity index is 1890. The Kier molecular flexibility index (Phi) is 7.12. The number of piperidine rings is 1. The number of benzene rings is 2. The molecule has 1 saturated heterocycles. The molecule has 216 valence electrons. The van der Waals surface area contributed by atoms with E-state index in [1.54, 1.807) is 25.4 Å². The fourth-order valence-electron chi connectivity index (χ4n) is 5.54. The van der Waals surface area contributed by atoms with Gasteiger partial charge < -0.3 is 0 Å². The molecule has 0 amide bonds. The van der Waals surface area contributed by atoms with Crippen molar-refractivity contribution in [2.24, 2.45) is 0 Å². The number of aryl methyl sites for hydroxylation is 1. The zero-order chi connectivity index (χ0) is 29.5. The molecule has 2 aromatic carbocycles. The highest BCUT2D eigenvalue weighted by Crippen LogP contribution is 2.33. The molecule has 0 radical (unpaired) electrons. The molecule has 1 aliphatic heterocycles. The summed E-state index contributed by atoms with van der Waals surface area (Å²) in [5.41, 5.74) is 4.20. The molecule has 6 aromatic rings. The summed E-state index contributed by atoms with van der Waals surface area (Å²) in [6.45, 7) is 4.44. The lowest BCUT2D eigenvalue weighted by atomic mass is 9.95. The molecule has 0 atom stereocenters. The molecular formula is C31H26ClF2N9. The first-order valence-electron chi connectivity index (χ1n) is 13.9. The van der Waals surface area contributed by atoms with E-state index in [0.717, 1.165) is 55.5 Å². The lowest BCUT2D eigenvalue weighted by Gasteiger charge is -2.31. The van der Waals surface area contributed by atoms with E-state index in [4.69, 9.17) is 21.6 Å². The normalized spacial score (nSPS) is 14.5. The molecule has 1 fully saturated rings. The number of aromatic nitrogens is 8. The molecule has 5 heterocycles. The van der Waals surface area contributed by atoms with Crippen LogP contribution in [-0.4, -0.2) is 57.7 Å². The van der Waals surface area contributed by atoms with Gasteiger partial charge in [-0.2, -0.15) is 15.2 Å². The van der Waals surface area contributed by atoms with Gasteiger partial charge >= 0.3 is 0 Å². The Balaban J connectivity index is 1.06. The van der Waals surface area contributed by atoms with Gasteiger partial charge in [0.1, 0.15) is 29.0 Å². The van der Waals surface area contributed by atoms with Gasteiger partial charge in [-0.1, -0.05) is 35.9 Å². The third-order valence-corrected chi connectivity index (χ3v) is 7.90. The number of H-pyrrole nitrogens is 1. The third-order valence-electron chi connectivity index (χ3n) is 7.68. The Morgan fingerprint density at radius 3 is 2.42 bits per heavy atom. The number of halogens is 3. The number of nitrogens with one attached hydrogen (secondary N) is 1. The standard InChI is InChI=1S/C31H26ClF2N9/c1-18-36-31-37-28(26(17-43(31)41-18)22-12-24(33)14-25(34)13-22)20-4-2-19(3-5-20)16-42-10-8-21(9-11-42)29-38-30(40-39-29)27-7-6-23(32)15-35-27/h2-7,12-15,17,21H,8-11,16H2,1H3,(H,38,39,40). The smallest absolute Gasteiger partial charge is 0.252 e. The molecule has 9 nitrogen and oxygen atoms in total. The number of aromatic amines is 1. The van der Waals surface area contributed by atoms with Crippen LogP contribution in [0.25, 0.3) is 39.7 Å². The van der Waals surface area contributed by atoms with Gasteiger partial charge in [0.05, 0.1) is 10.7 Å². The van der Waals surface area contributed by atoms with Crippen LogP contribution in [0.5, 0.6) is 0 Å². The number of hydrogen-bond donors (Lipinski definition) is 1. The largest absolute Gasteiger partial charge is 0.299 e. The van der Waals surface area contributed by atoms with E-state index in [0.29, 0.717) is 50.9 Å². The molecular weight excluding hydrogens is 572 g/mol. The van der Waals surface area contributed by atoms with Gasteiger partial charge in [-0.25, -0.2) is 23.3 Å². The summed E-state index contributed by atoms with van der Waals surface area (Å²) in [7, 11) is 0. The molecule has 12 heteroatoms. The van der Waals surface area contributed by atoms with E-state index in [9.17, 15) is 8.78 Å². The second-order valence-electron chi connectivity index (χ2n) is 10.7. The zero-order valence-corrected chi connectivity index (χ0v) is 23.9. The van der Waals surface area contributed by atoms with Crippen molar-refractivity contribution in [2.75, 3.05) is 13.1 Å². The predicted octanol–water partition coefficient (Wildman–Crippen LogP) is 6.26. The maximum Gasteiger partial charge on any atom is 0.252 e. The van der Waals surface area contributed by atoms with Crippen molar-refractivity contribution >= 4 is 17.4 Å². The van der Waals surface area contributed by atoms with Crippen LogP contribution < -0.4 is 0 Å². The monoisotopic (exact) mass is 597 g/mol. The first-order chi connectivity index (χ1) is 20.9. The topological polar surface area (TPSA) is 101 Å². The summed E-state index contributed by atoms with van der Waals surface area (Å²) in [5, 5.41) is 12.4. The first kappa shape index (κ1) is 27.2. The van der Waals surface area contributed by atoms with Crippen LogP contribution in [0.1, 0.15) is 36.0 Å². The fourth-order valence-corrected chi connectivity index (χ4v) is 5.65. The molecule has 4 aromatic heterocycles. The van der Waals surface area contributed by atoms with E-state index in [2.05, 4.69) is 42.3 Å². The van der Waals surface area contributed by atoms with Crippen molar-refractivity contribution in [3.63, 3.8) is 0 Å². The molecule has 1 aliphatic rings. The number of pyridine rings is 1. The second kappa shape index (κ2) is 11.2. The first-order valence-corrected chi connectivity index (χ1v) is 14.3. The molecule has 0 unspecified atom stereocenters. The minimum Gasteiger partial charge on any atom is -0.299 e. The molecule has 0 saturated carbocycles. The minimum absolute atomic E-state index is 0.306. The number of fused-ring (bicyclic) bond motifs is 1. The molecule has 43 heavy (non-hydrogen) atoms. The number of rotatable bonds is 6. The predicted molar refractivity (Wildman–Crippen MR) is 158 cm³/mol. The van der Waals surface area contributed by atoms with Crippen LogP contribution in [-0.2, 0) is 6.54 Å². The van der Waals surface area contributed by atoms with E-state index >= 15 is 0 Å². The Labute approximate surface area is 250 Å². The lowest BCUT2D eigenvalue weighted by molar-refractivity contribution is 0.202. The van der Waals surface area contributed by atoms with Crippen LogP contribution in [0.4, 0.5) is 8.78 Å². The Morgan fingerprint density at radius 1 is 0.930 bits per heavy atom. The number of likely N-dealkylation sites (tertiary alicyclic amines) is 1. The second-order valence-corrected chi connectivity index (χ2v) is 11.2. The van der Waals surface area contributed by atoms with Crippen LogP contribution in [0.3, 0.4) is 0 Å². The van der Waals surface area contributed by atoms with E-state index in [1.165, 1.54) is 16.6 Å². The van der Waals surface area contributed by atoms with Gasteiger partial charge in [-0.05, 0) is 68.2 Å². The van der Waals surface area contributed by atoms with Crippen LogP contribution in [0.2, 0.25) is 5.02 Å². The van der Waals surface area contributed by atoms with E-state index in [-0.39, 0.29) is 0 Å². The number of hydrogen-bond acceptors (Lipinski definition) is 7. The van der Waals surface area contributed by atoms with Gasteiger partial charge in [-0.15, -0.1) is 0 Å². The summed E-state index contributed by atoms with van der Waals surface area (Å²) in [5.74, 6) is 1.44. The summed E-state index contributed by atoms with van der Waals surface area (Å²) in [6, 6.07) is 15.2. The summed E-state index contributed by atoms with van der Waals surface area (Å²) in [4.78, 5) is 20.5. The third kappa shape index (κ3) is 5.73. The maximum absolute atomic E-state index is 14.1. The van der Waals surface area contributed by atoms with Gasteiger partial charge in [0.15, 0.2) is 5.82 Å². The van der Waals surface area contributed by atoms with Crippen molar-refractivity contribution < 1.29 is 8.78 Å². The Hall–Kier alpha value is -4.61. The Morgan fingerprint density at radius 2 is 1.70 bits per heavy atom. The SMILES string of the molecule is Cc1nc2nc(-c3ccc(CN4CCC(c5nc(-c6ccc(Cl)cn6)n[nH]5)CC4)cc3)c(-c3cc(F)cc(F)c3)cn2n1. The average molecular weight is 598 g/mol. The van der Waals surface area contributed by atoms with Crippen molar-refractivity contribution in [2.45, 2.75) is 32.2 Å². The van der Waals surface area contributed by atoms with Gasteiger partial charge in [0.2, 0.25) is 0 Å². The quantitative estimate of drug-likeness (QED) is 0.242. The number of nitrogens with zero attached hydrogens (tertiary/aromatic N) is 8. The lowest BCUT2D eigenvalue weighted by Crippen LogP contribution is -2.32. The highest BCUT2D eigenvalue weighted by atomic mass is 35.5. The van der Waals surface area contributed by atoms with E-state index in [1.807, 2.05) is 18.2 Å². The van der Waals surface area contributed by atoms with Crippen molar-refractivity contribution in [3.8, 4) is 33.9 Å². The van der Waals surface area contributed by atoms with Gasteiger partial charge in [0, 0.05) is 42.0 Å². The van der Waals surface area contributed by atoms with Gasteiger partial charge in [-0.3, -0.25) is 15.0 Å².